The van der Waals surface area contributed by atoms with E-state index < -0.39 is 5.60 Å². The van der Waals surface area contributed by atoms with Crippen LogP contribution in [-0.4, -0.2) is 11.7 Å². The van der Waals surface area contributed by atoms with Crippen LogP contribution in [0.3, 0.4) is 0 Å². The van der Waals surface area contributed by atoms with E-state index in [1.807, 2.05) is 37.3 Å². The summed E-state index contributed by atoms with van der Waals surface area (Å²) >= 11 is 0. The van der Waals surface area contributed by atoms with Crippen LogP contribution in [0.25, 0.3) is 11.1 Å². The van der Waals surface area contributed by atoms with E-state index in [9.17, 15) is 5.11 Å². The summed E-state index contributed by atoms with van der Waals surface area (Å²) in [6.07, 6.45) is 3.81. The van der Waals surface area contributed by atoms with Gasteiger partial charge in [0.15, 0.2) is 0 Å². The molecule has 1 saturated carbocycles. The molecular formula is C19H22O2. The molecule has 2 heteroatoms. The fourth-order valence-corrected chi connectivity index (χ4v) is 3.28. The van der Waals surface area contributed by atoms with E-state index in [0.29, 0.717) is 6.61 Å². The minimum atomic E-state index is -0.727. The molecule has 1 aliphatic rings. The molecule has 0 heterocycles. The lowest BCUT2D eigenvalue weighted by molar-refractivity contribution is 0.0415. The molecule has 2 aromatic rings. The molecule has 0 unspecified atom stereocenters. The third kappa shape index (κ3) is 2.68. The van der Waals surface area contributed by atoms with Crippen LogP contribution in [-0.2, 0) is 5.60 Å². The van der Waals surface area contributed by atoms with Crippen LogP contribution in [0.2, 0.25) is 0 Å². The van der Waals surface area contributed by atoms with E-state index in [-0.39, 0.29) is 0 Å². The third-order valence-electron chi connectivity index (χ3n) is 4.32. The average Bonchev–Trinajstić information content (AvgIpc) is 2.96. The van der Waals surface area contributed by atoms with E-state index in [0.717, 1.165) is 48.1 Å². The Balaban J connectivity index is 2.13. The van der Waals surface area contributed by atoms with Crippen molar-refractivity contribution < 1.29 is 9.84 Å². The molecule has 0 radical (unpaired) electrons. The fourth-order valence-electron chi connectivity index (χ4n) is 3.28. The first-order valence-corrected chi connectivity index (χ1v) is 7.79. The van der Waals surface area contributed by atoms with Crippen molar-refractivity contribution in [3.63, 3.8) is 0 Å². The van der Waals surface area contributed by atoms with Gasteiger partial charge in [-0.05, 0) is 25.3 Å². The average molecular weight is 282 g/mol. The highest BCUT2D eigenvalue weighted by molar-refractivity contribution is 5.72. The summed E-state index contributed by atoms with van der Waals surface area (Å²) < 4.78 is 5.94. The van der Waals surface area contributed by atoms with Crippen LogP contribution in [0.4, 0.5) is 0 Å². The molecular weight excluding hydrogens is 260 g/mol. The molecule has 0 atom stereocenters. The second-order valence-corrected chi connectivity index (χ2v) is 5.72. The second kappa shape index (κ2) is 5.90. The Bertz CT molecular complexity index is 598. The smallest absolute Gasteiger partial charge is 0.133 e. The number of benzene rings is 2. The van der Waals surface area contributed by atoms with Gasteiger partial charge in [-0.2, -0.15) is 0 Å². The highest BCUT2D eigenvalue weighted by Crippen LogP contribution is 2.45. The van der Waals surface area contributed by atoms with Crippen LogP contribution in [0.5, 0.6) is 5.75 Å². The maximum Gasteiger partial charge on any atom is 0.133 e. The summed E-state index contributed by atoms with van der Waals surface area (Å²) in [4.78, 5) is 0. The molecule has 0 aliphatic heterocycles. The highest BCUT2D eigenvalue weighted by Gasteiger charge is 2.36. The zero-order chi connectivity index (χ0) is 14.7. The Hall–Kier alpha value is -1.80. The van der Waals surface area contributed by atoms with Crippen molar-refractivity contribution in [1.29, 1.82) is 0 Å². The van der Waals surface area contributed by atoms with Crippen LogP contribution in [0.15, 0.2) is 48.5 Å². The minimum absolute atomic E-state index is 0.604. The predicted octanol–water partition coefficient (Wildman–Crippen LogP) is 4.51. The summed E-state index contributed by atoms with van der Waals surface area (Å²) in [6.45, 7) is 2.59. The summed E-state index contributed by atoms with van der Waals surface area (Å²) in [7, 11) is 0. The molecule has 1 N–H and O–H groups in total. The lowest BCUT2D eigenvalue weighted by atomic mass is 9.88. The zero-order valence-corrected chi connectivity index (χ0v) is 12.5. The number of para-hydroxylation sites is 1. The first-order chi connectivity index (χ1) is 10.2. The van der Waals surface area contributed by atoms with Gasteiger partial charge in [0.2, 0.25) is 0 Å². The quantitative estimate of drug-likeness (QED) is 0.893. The summed E-state index contributed by atoms with van der Waals surface area (Å²) in [5, 5.41) is 11.0. The molecule has 2 nitrogen and oxygen atoms in total. The Morgan fingerprint density at radius 1 is 1.00 bits per heavy atom. The Kier molecular flexibility index (Phi) is 3.98. The second-order valence-electron chi connectivity index (χ2n) is 5.72. The van der Waals surface area contributed by atoms with Crippen molar-refractivity contribution in [2.45, 2.75) is 38.2 Å². The van der Waals surface area contributed by atoms with Crippen LogP contribution < -0.4 is 4.74 Å². The number of hydrogen-bond acceptors (Lipinski definition) is 2. The number of aliphatic hydroxyl groups is 1. The maximum absolute atomic E-state index is 11.0. The number of ether oxygens (including phenoxy) is 1. The monoisotopic (exact) mass is 282 g/mol. The van der Waals surface area contributed by atoms with Crippen molar-refractivity contribution in [3.8, 4) is 16.9 Å². The van der Waals surface area contributed by atoms with Gasteiger partial charge >= 0.3 is 0 Å². The molecule has 0 aromatic heterocycles. The normalized spacial score (nSPS) is 16.9. The predicted molar refractivity (Wildman–Crippen MR) is 85.4 cm³/mol. The SMILES string of the molecule is CCOc1c(-c2ccccc2)cccc1C1(O)CCCC1. The van der Waals surface area contributed by atoms with Gasteiger partial charge < -0.3 is 9.84 Å². The molecule has 0 bridgehead atoms. The van der Waals surface area contributed by atoms with Gasteiger partial charge in [0.25, 0.3) is 0 Å². The van der Waals surface area contributed by atoms with E-state index in [2.05, 4.69) is 18.2 Å². The van der Waals surface area contributed by atoms with Gasteiger partial charge in [-0.1, -0.05) is 61.4 Å². The molecule has 2 aromatic carbocycles. The Labute approximate surface area is 126 Å². The van der Waals surface area contributed by atoms with E-state index in [1.165, 1.54) is 0 Å². The van der Waals surface area contributed by atoms with Gasteiger partial charge in [-0.3, -0.25) is 0 Å². The minimum Gasteiger partial charge on any atom is -0.493 e. The molecule has 21 heavy (non-hydrogen) atoms. The molecule has 3 rings (SSSR count). The molecule has 110 valence electrons. The van der Waals surface area contributed by atoms with Crippen LogP contribution in [0.1, 0.15) is 38.2 Å². The first-order valence-electron chi connectivity index (χ1n) is 7.79. The molecule has 0 spiro atoms. The highest BCUT2D eigenvalue weighted by atomic mass is 16.5. The first kappa shape index (κ1) is 14.2. The van der Waals surface area contributed by atoms with Gasteiger partial charge in [-0.15, -0.1) is 0 Å². The van der Waals surface area contributed by atoms with Crippen LogP contribution >= 0.6 is 0 Å². The number of hydrogen-bond donors (Lipinski definition) is 1. The van der Waals surface area contributed by atoms with Crippen molar-refractivity contribution in [2.75, 3.05) is 6.61 Å². The number of rotatable bonds is 4. The fraction of sp³-hybridized carbons (Fsp3) is 0.368. The lowest BCUT2D eigenvalue weighted by Crippen LogP contribution is -2.22. The van der Waals surface area contributed by atoms with Crippen molar-refractivity contribution >= 4 is 0 Å². The van der Waals surface area contributed by atoms with E-state index >= 15 is 0 Å². The molecule has 0 saturated heterocycles. The molecule has 1 fully saturated rings. The van der Waals surface area contributed by atoms with E-state index in [1.54, 1.807) is 0 Å². The van der Waals surface area contributed by atoms with E-state index in [4.69, 9.17) is 4.74 Å². The largest absolute Gasteiger partial charge is 0.493 e. The standard InChI is InChI=1S/C19H22O2/c1-2-21-18-16(15-9-4-3-5-10-15)11-8-12-17(18)19(20)13-6-7-14-19/h3-5,8-12,20H,2,6-7,13-14H2,1H3. The van der Waals surface area contributed by atoms with Crippen molar-refractivity contribution in [2.24, 2.45) is 0 Å². The van der Waals surface area contributed by atoms with Crippen molar-refractivity contribution in [1.82, 2.24) is 0 Å². The summed E-state index contributed by atoms with van der Waals surface area (Å²) in [5.74, 6) is 0.843. The Morgan fingerprint density at radius 3 is 2.38 bits per heavy atom. The Morgan fingerprint density at radius 2 is 1.71 bits per heavy atom. The van der Waals surface area contributed by atoms with Crippen LogP contribution in [0, 0.1) is 0 Å². The van der Waals surface area contributed by atoms with Gasteiger partial charge in [0.1, 0.15) is 5.75 Å². The molecule has 1 aliphatic carbocycles. The maximum atomic E-state index is 11.0. The third-order valence-corrected chi connectivity index (χ3v) is 4.32. The lowest BCUT2D eigenvalue weighted by Gasteiger charge is -2.27. The zero-order valence-electron chi connectivity index (χ0n) is 12.5. The molecule has 0 amide bonds. The van der Waals surface area contributed by atoms with Gasteiger partial charge in [0, 0.05) is 11.1 Å². The summed E-state index contributed by atoms with van der Waals surface area (Å²) in [6, 6.07) is 16.4. The topological polar surface area (TPSA) is 29.5 Å². The van der Waals surface area contributed by atoms with Crippen molar-refractivity contribution in [3.05, 3.63) is 54.1 Å². The van der Waals surface area contributed by atoms with Gasteiger partial charge in [-0.25, -0.2) is 0 Å². The summed E-state index contributed by atoms with van der Waals surface area (Å²) in [5.41, 5.74) is 2.41. The van der Waals surface area contributed by atoms with Gasteiger partial charge in [0.05, 0.1) is 12.2 Å².